The molecule has 0 N–H and O–H groups in total. The summed E-state index contributed by atoms with van der Waals surface area (Å²) < 4.78 is 88.2. The second kappa shape index (κ2) is 10.5. The highest BCUT2D eigenvalue weighted by Gasteiger charge is 2.65. The van der Waals surface area contributed by atoms with Crippen molar-refractivity contribution in [1.82, 2.24) is 0 Å². The smallest absolute Gasteiger partial charge is 0.310 e. The van der Waals surface area contributed by atoms with Gasteiger partial charge in [-0.3, -0.25) is 0 Å². The molecule has 44 heavy (non-hydrogen) atoms. The average Bonchev–Trinajstić information content (AvgIpc) is 3.14. The van der Waals surface area contributed by atoms with Crippen LogP contribution in [0.15, 0.2) is 63.6 Å². The van der Waals surface area contributed by atoms with Crippen molar-refractivity contribution in [1.29, 1.82) is 0 Å². The van der Waals surface area contributed by atoms with E-state index in [9.17, 15) is 19.4 Å². The van der Waals surface area contributed by atoms with E-state index in [4.69, 9.17) is 13.9 Å². The summed E-state index contributed by atoms with van der Waals surface area (Å²) in [6.07, 6.45) is 1.71. The largest absolute Gasteiger partial charge is 0.410 e. The maximum Gasteiger partial charge on any atom is 0.310 e. The van der Waals surface area contributed by atoms with Crippen molar-refractivity contribution in [2.45, 2.75) is 122 Å². The van der Waals surface area contributed by atoms with Crippen molar-refractivity contribution in [3.63, 3.8) is 0 Å². The Bertz CT molecular complexity index is 1360. The van der Waals surface area contributed by atoms with Gasteiger partial charge in [-0.25, -0.2) is 0 Å². The lowest BCUT2D eigenvalue weighted by atomic mass is 9.67. The van der Waals surface area contributed by atoms with Gasteiger partial charge < -0.3 is 13.9 Å². The summed E-state index contributed by atoms with van der Waals surface area (Å²) in [4.78, 5) is -1.90. The van der Waals surface area contributed by atoms with Crippen LogP contribution in [0.2, 0.25) is 18.1 Å². The fourth-order valence-corrected chi connectivity index (χ4v) is 8.49. The maximum absolute atomic E-state index is 13.6. The van der Waals surface area contributed by atoms with E-state index in [1.165, 1.54) is 0 Å². The Hall–Kier alpha value is -1.46. The average molecular weight is 663 g/mol. The molecule has 0 radical (unpaired) electrons. The van der Waals surface area contributed by atoms with Gasteiger partial charge in [0.2, 0.25) is 0 Å². The van der Waals surface area contributed by atoms with Crippen LogP contribution in [0.25, 0.3) is 0 Å². The number of hydrogen-bond acceptors (Lipinski definition) is 3. The lowest BCUT2D eigenvalue weighted by Gasteiger charge is -2.47. The zero-order valence-electron chi connectivity index (χ0n) is 28.0. The molecule has 2 atom stereocenters. The SMILES string of the molecule is C=C1CC(C)(C)C[C@H](O[Si](C)(C)C(C)(C)C)/C1=C1/C(=C(\C)C(C)C)[C@@H](c2ccc(S(F)(F)(F)(F)F)cc2)OC12CCOCC2. The molecule has 2 aliphatic heterocycles. The van der Waals surface area contributed by atoms with E-state index in [1.807, 2.05) is 6.92 Å². The third-order valence-electron chi connectivity index (χ3n) is 10.2. The summed E-state index contributed by atoms with van der Waals surface area (Å²) in [5.41, 5.74) is 4.57. The number of benzene rings is 1. The quantitative estimate of drug-likeness (QED) is 0.232. The third kappa shape index (κ3) is 6.94. The van der Waals surface area contributed by atoms with Crippen LogP contribution in [0, 0.1) is 11.3 Å². The molecule has 250 valence electrons. The van der Waals surface area contributed by atoms with E-state index in [0.717, 1.165) is 52.8 Å². The predicted molar refractivity (Wildman–Crippen MR) is 173 cm³/mol. The second-order valence-corrected chi connectivity index (χ2v) is 22.9. The molecule has 1 aromatic rings. The van der Waals surface area contributed by atoms with E-state index in [-0.39, 0.29) is 22.5 Å². The van der Waals surface area contributed by atoms with E-state index < -0.39 is 35.1 Å². The van der Waals surface area contributed by atoms with Crippen LogP contribution in [0.3, 0.4) is 0 Å². The summed E-state index contributed by atoms with van der Waals surface area (Å²) >= 11 is 0. The maximum atomic E-state index is 13.6. The fourth-order valence-electron chi connectivity index (χ4n) is 6.58. The highest BCUT2D eigenvalue weighted by atomic mass is 32.5. The summed E-state index contributed by atoms with van der Waals surface area (Å²) in [6.45, 7) is 27.3. The van der Waals surface area contributed by atoms with Gasteiger partial charge in [0.25, 0.3) is 0 Å². The molecule has 0 unspecified atom stereocenters. The number of allylic oxidation sites excluding steroid dienone is 1. The topological polar surface area (TPSA) is 27.7 Å². The van der Waals surface area contributed by atoms with Crippen LogP contribution in [0.1, 0.15) is 92.7 Å². The Kier molecular flexibility index (Phi) is 8.46. The van der Waals surface area contributed by atoms with E-state index in [0.29, 0.717) is 43.8 Å². The van der Waals surface area contributed by atoms with E-state index in [1.54, 1.807) is 0 Å². The molecule has 3 fully saturated rings. The second-order valence-electron chi connectivity index (χ2n) is 15.7. The Labute approximate surface area is 262 Å². The Morgan fingerprint density at radius 1 is 1.02 bits per heavy atom. The van der Waals surface area contributed by atoms with Crippen molar-refractivity contribution in [2.75, 3.05) is 13.2 Å². The molecular formula is C34H51F5O3SSi. The van der Waals surface area contributed by atoms with Gasteiger partial charge in [0, 0.05) is 26.1 Å². The zero-order chi connectivity index (χ0) is 33.4. The van der Waals surface area contributed by atoms with Gasteiger partial charge in [0.05, 0.1) is 11.7 Å². The third-order valence-corrected chi connectivity index (χ3v) is 15.8. The number of ether oxygens (including phenoxy) is 2. The lowest BCUT2D eigenvalue weighted by molar-refractivity contribution is -0.0889. The molecule has 4 rings (SSSR count). The minimum absolute atomic E-state index is 0.0338. The predicted octanol–water partition coefficient (Wildman–Crippen LogP) is 12.0. The van der Waals surface area contributed by atoms with Crippen LogP contribution in [0.4, 0.5) is 19.4 Å². The summed E-state index contributed by atoms with van der Waals surface area (Å²) in [5.74, 6) is 0.0960. The van der Waals surface area contributed by atoms with Crippen molar-refractivity contribution in [2.24, 2.45) is 11.3 Å². The molecule has 1 aromatic carbocycles. The molecule has 1 aliphatic carbocycles. The van der Waals surface area contributed by atoms with Crippen molar-refractivity contribution >= 4 is 18.5 Å². The lowest BCUT2D eigenvalue weighted by Crippen LogP contribution is -2.48. The fraction of sp³-hybridized carbons (Fsp3) is 0.647. The highest BCUT2D eigenvalue weighted by molar-refractivity contribution is 8.45. The van der Waals surface area contributed by atoms with Gasteiger partial charge in [0.15, 0.2) is 8.32 Å². The summed E-state index contributed by atoms with van der Waals surface area (Å²) in [7, 11) is -12.1. The molecular weight excluding hydrogens is 612 g/mol. The van der Waals surface area contributed by atoms with Gasteiger partial charge in [-0.1, -0.05) is 92.2 Å². The number of hydrogen-bond donors (Lipinski definition) is 0. The minimum atomic E-state index is -9.83. The Morgan fingerprint density at radius 2 is 1.57 bits per heavy atom. The Balaban J connectivity index is 2.01. The molecule has 0 aromatic heterocycles. The number of halogens is 5. The molecule has 10 heteroatoms. The molecule has 2 heterocycles. The van der Waals surface area contributed by atoms with Crippen molar-refractivity contribution in [3.05, 3.63) is 64.3 Å². The van der Waals surface area contributed by atoms with Crippen LogP contribution in [0.5, 0.6) is 0 Å². The van der Waals surface area contributed by atoms with Crippen LogP contribution >= 0.6 is 10.2 Å². The molecule has 1 saturated carbocycles. The first kappa shape index (κ1) is 35.4. The molecule has 1 spiro atoms. The van der Waals surface area contributed by atoms with Gasteiger partial charge in [-0.15, -0.1) is 0 Å². The molecule has 2 saturated heterocycles. The zero-order valence-corrected chi connectivity index (χ0v) is 29.8. The van der Waals surface area contributed by atoms with Gasteiger partial charge >= 0.3 is 10.2 Å². The molecule has 0 amide bonds. The van der Waals surface area contributed by atoms with Gasteiger partial charge in [0.1, 0.15) is 11.0 Å². The molecule has 3 aliphatic rings. The standard InChI is InChI=1S/C34H51F5O3SSi/c1-22(2)24(4)29-30(28-23(3)20-33(8,9)21-27(28)42-44(10,11)32(5,6)7)34(16-18-40-19-17-34)41-31(29)25-12-14-26(15-13-25)43(35,36,37,38)39/h12-15,22,27,31H,3,16-21H2,1-2,4-11H3/b29-24-,30-28-/t27-,31+/m0/s1. The van der Waals surface area contributed by atoms with Crippen LogP contribution in [-0.4, -0.2) is 33.2 Å². The Morgan fingerprint density at radius 3 is 2.05 bits per heavy atom. The van der Waals surface area contributed by atoms with Crippen molar-refractivity contribution in [3.8, 4) is 0 Å². The van der Waals surface area contributed by atoms with Gasteiger partial charge in [-0.05, 0) is 89.2 Å². The first-order valence-corrected chi connectivity index (χ1v) is 20.5. The van der Waals surface area contributed by atoms with Crippen molar-refractivity contribution < 1.29 is 33.3 Å². The highest BCUT2D eigenvalue weighted by Crippen LogP contribution is 3.02. The first-order chi connectivity index (χ1) is 19.7. The first-order valence-electron chi connectivity index (χ1n) is 15.6. The van der Waals surface area contributed by atoms with E-state index >= 15 is 0 Å². The van der Waals surface area contributed by atoms with Crippen LogP contribution < -0.4 is 0 Å². The normalized spacial score (nSPS) is 29.1. The van der Waals surface area contributed by atoms with Crippen LogP contribution in [-0.2, 0) is 13.9 Å². The summed E-state index contributed by atoms with van der Waals surface area (Å²) in [6, 6.07) is 3.29. The van der Waals surface area contributed by atoms with Gasteiger partial charge in [-0.2, -0.15) is 0 Å². The minimum Gasteiger partial charge on any atom is -0.410 e. The summed E-state index contributed by atoms with van der Waals surface area (Å²) in [5, 5.41) is -0.0338. The number of rotatable bonds is 5. The molecule has 3 nitrogen and oxygen atoms in total. The van der Waals surface area contributed by atoms with E-state index in [2.05, 4.69) is 68.1 Å². The monoisotopic (exact) mass is 662 g/mol. The molecule has 0 bridgehead atoms.